The highest BCUT2D eigenvalue weighted by molar-refractivity contribution is 8.10. The number of nitrogens with two attached hydrogens (primary N) is 1. The lowest BCUT2D eigenvalue weighted by Crippen LogP contribution is -2.09. The van der Waals surface area contributed by atoms with Gasteiger partial charge >= 0.3 is 0 Å². The van der Waals surface area contributed by atoms with E-state index in [0.717, 1.165) is 7.12 Å². The van der Waals surface area contributed by atoms with Crippen LogP contribution in [0.2, 0.25) is 0 Å². The van der Waals surface area contributed by atoms with Crippen molar-refractivity contribution in [2.75, 3.05) is 0 Å². The maximum absolute atomic E-state index is 9.41. The Hall–Kier alpha value is -0.0251. The van der Waals surface area contributed by atoms with Crippen LogP contribution < -0.4 is 5.14 Å². The molecule has 0 aliphatic rings. The Labute approximate surface area is 31.5 Å². The number of rotatable bonds is 0. The minimum absolute atomic E-state index is 0.938. The van der Waals surface area contributed by atoms with Crippen molar-refractivity contribution in [2.45, 2.75) is 0 Å². The van der Waals surface area contributed by atoms with Crippen LogP contribution in [-0.4, -0.2) is 15.5 Å². The maximum atomic E-state index is 9.41. The van der Waals surface area contributed by atoms with E-state index in [2.05, 4.69) is 5.14 Å². The highest BCUT2D eigenvalue weighted by Crippen LogP contribution is 1.48. The molecular weight excluding hydrogens is 88.9 g/mol. The fourth-order valence-corrected chi connectivity index (χ4v) is 0. The molecule has 5 heteroatoms. The first-order valence-corrected chi connectivity index (χ1v) is 2.93. The van der Waals surface area contributed by atoms with Crippen molar-refractivity contribution in [1.82, 2.24) is 0 Å². The Balaban J connectivity index is 4.06. The minimum atomic E-state index is -3.17. The molecule has 0 radical (unpaired) electrons. The van der Waals surface area contributed by atoms with Gasteiger partial charge in [0, 0.05) is 0 Å². The molecule has 0 unspecified atom stereocenters. The predicted octanol–water partition coefficient (Wildman–Crippen LogP) is -2.18. The molecule has 5 heavy (non-hydrogen) atoms. The van der Waals surface area contributed by atoms with Gasteiger partial charge in [0.2, 0.25) is 0 Å². The topological polar surface area (TPSA) is 60.2 Å². The maximum Gasteiger partial charge on any atom is 0.275 e. The lowest BCUT2D eigenvalue weighted by molar-refractivity contribution is 0.611. The quantitative estimate of drug-likeness (QED) is 0.346. The lowest BCUT2D eigenvalue weighted by atomic mass is 10.8. The normalized spacial score (nSPS) is 11.4. The van der Waals surface area contributed by atoms with Crippen LogP contribution in [0.25, 0.3) is 0 Å². The van der Waals surface area contributed by atoms with Gasteiger partial charge in [0.1, 0.15) is 0 Å². The van der Waals surface area contributed by atoms with Gasteiger partial charge in [-0.2, -0.15) is 0 Å². The Morgan fingerprint density at radius 1 is 1.60 bits per heavy atom. The van der Waals surface area contributed by atoms with Crippen LogP contribution in [0.15, 0.2) is 0 Å². The van der Waals surface area contributed by atoms with E-state index in [1.165, 1.54) is 0 Å². The zero-order valence-electron chi connectivity index (χ0n) is 2.80. The summed E-state index contributed by atoms with van der Waals surface area (Å²) >= 11 is 0. The summed E-state index contributed by atoms with van der Waals surface area (Å²) in [6.45, 7) is 0. The van der Waals surface area contributed by atoms with E-state index in [1.807, 2.05) is 0 Å². The molecule has 0 heterocycles. The van der Waals surface area contributed by atoms with E-state index >= 15 is 0 Å². The summed E-state index contributed by atoms with van der Waals surface area (Å²) in [6.07, 6.45) is 0. The first kappa shape index (κ1) is 4.97. The predicted molar refractivity (Wildman–Crippen MR) is 21.7 cm³/mol. The highest BCUT2D eigenvalue weighted by Gasteiger charge is 1.80. The molecule has 0 rings (SSSR count). The second kappa shape index (κ2) is 0.985. The fraction of sp³-hybridized carbons (Fsp3) is 0. The Kier molecular flexibility index (Phi) is 0.980. The molecule has 0 fully saturated rings. The zero-order valence-corrected chi connectivity index (χ0v) is 3.62. The van der Waals surface area contributed by atoms with Crippen molar-refractivity contribution in [3.8, 4) is 0 Å². The number of hydrogen-bond donors (Lipinski definition) is 1. The highest BCUT2D eigenvalue weighted by atomic mass is 32.2. The van der Waals surface area contributed by atoms with E-state index in [4.69, 9.17) is 0 Å². The average Bonchev–Trinajstić information content (AvgIpc) is 0.722. The third-order valence-electron chi connectivity index (χ3n) is 0. The summed E-state index contributed by atoms with van der Waals surface area (Å²) < 4.78 is 18.8. The molecule has 0 aromatic heterocycles. The molecule has 0 bridgehead atoms. The molecule has 0 spiro atoms. The van der Waals surface area contributed by atoms with Crippen molar-refractivity contribution in [3.05, 3.63) is 0 Å². The van der Waals surface area contributed by atoms with Gasteiger partial charge in [-0.25, -0.2) is 13.6 Å². The monoisotopic (exact) mass is 93.0 g/mol. The molecule has 0 aliphatic heterocycles. The van der Waals surface area contributed by atoms with Gasteiger partial charge in [-0.3, -0.25) is 0 Å². The third kappa shape index (κ3) is 24700. The molecule has 0 aromatic carbocycles. The minimum Gasteiger partial charge on any atom is -0.239 e. The van der Waals surface area contributed by atoms with Gasteiger partial charge in [-0.1, -0.05) is 0 Å². The largest absolute Gasteiger partial charge is 0.275 e. The summed E-state index contributed by atoms with van der Waals surface area (Å²) in [5.41, 5.74) is 0. The molecule has 3 nitrogen and oxygen atoms in total. The second-order valence-corrected chi connectivity index (χ2v) is 2.49. The van der Waals surface area contributed by atoms with Gasteiger partial charge in [0.25, 0.3) is 7.12 Å². The zero-order chi connectivity index (χ0) is 4.50. The molecule has 0 aromatic rings. The Bertz CT molecular complexity index is 92.8. The SMILES string of the molecule is BS(N)(=O)=O. The van der Waals surface area contributed by atoms with Gasteiger partial charge in [0.15, 0.2) is 9.87 Å². The fourth-order valence-electron chi connectivity index (χ4n) is 0. The molecule has 0 saturated heterocycles. The summed E-state index contributed by atoms with van der Waals surface area (Å²) in [5, 5.41) is 4.33. The van der Waals surface area contributed by atoms with Crippen LogP contribution >= 0.6 is 0 Å². The summed E-state index contributed by atoms with van der Waals surface area (Å²) in [6, 6.07) is 0. The molecule has 0 saturated carbocycles. The summed E-state index contributed by atoms with van der Waals surface area (Å²) in [7, 11) is -2.23. The van der Waals surface area contributed by atoms with Gasteiger partial charge < -0.3 is 0 Å². The van der Waals surface area contributed by atoms with E-state index < -0.39 is 9.87 Å². The van der Waals surface area contributed by atoms with E-state index in [0.29, 0.717) is 0 Å². The van der Waals surface area contributed by atoms with E-state index in [1.54, 1.807) is 0 Å². The standard InChI is InChI=1S/BH4NO2S/c1-5(2,3)4/h1H2,(H2,2,3,4). The summed E-state index contributed by atoms with van der Waals surface area (Å²) in [4.78, 5) is 0. The van der Waals surface area contributed by atoms with Gasteiger partial charge in [-0.05, 0) is 0 Å². The molecule has 0 atom stereocenters. The van der Waals surface area contributed by atoms with Crippen LogP contribution in [0.4, 0.5) is 0 Å². The first-order chi connectivity index (χ1) is 2.00. The van der Waals surface area contributed by atoms with E-state index in [-0.39, 0.29) is 0 Å². The van der Waals surface area contributed by atoms with Crippen LogP contribution in [0.1, 0.15) is 0 Å². The molecule has 30 valence electrons. The molecule has 2 N–H and O–H groups in total. The third-order valence-corrected chi connectivity index (χ3v) is 0. The van der Waals surface area contributed by atoms with Crippen LogP contribution in [0.5, 0.6) is 0 Å². The Morgan fingerprint density at radius 3 is 1.60 bits per heavy atom. The molecule has 0 aliphatic carbocycles. The summed E-state index contributed by atoms with van der Waals surface area (Å²) in [5.74, 6) is 0. The second-order valence-electron chi connectivity index (χ2n) is 0.830. The van der Waals surface area contributed by atoms with E-state index in [9.17, 15) is 8.42 Å². The molecular formula is H4BNO2S. The average molecular weight is 92.9 g/mol. The smallest absolute Gasteiger partial charge is 0.239 e. The van der Waals surface area contributed by atoms with Crippen LogP contribution in [-0.2, 0) is 9.87 Å². The van der Waals surface area contributed by atoms with Crippen LogP contribution in [0.3, 0.4) is 0 Å². The van der Waals surface area contributed by atoms with Crippen LogP contribution in [0, 0.1) is 0 Å². The lowest BCUT2D eigenvalue weighted by Gasteiger charge is -1.71. The first-order valence-electron chi connectivity index (χ1n) is 0.977. The van der Waals surface area contributed by atoms with Crippen molar-refractivity contribution in [3.63, 3.8) is 0 Å². The van der Waals surface area contributed by atoms with Gasteiger partial charge in [0.05, 0.1) is 0 Å². The van der Waals surface area contributed by atoms with Crippen molar-refractivity contribution >= 4 is 17.0 Å². The molecule has 0 amide bonds. The van der Waals surface area contributed by atoms with Gasteiger partial charge in [-0.15, -0.1) is 0 Å². The van der Waals surface area contributed by atoms with Crippen molar-refractivity contribution in [1.29, 1.82) is 0 Å². The Morgan fingerprint density at radius 2 is 1.60 bits per heavy atom. The van der Waals surface area contributed by atoms with Crippen molar-refractivity contribution in [2.24, 2.45) is 5.14 Å². The number of hydrogen-bond acceptors (Lipinski definition) is 2. The van der Waals surface area contributed by atoms with Crippen molar-refractivity contribution < 1.29 is 8.42 Å².